The number of aryl methyl sites for hydroxylation is 1. The summed E-state index contributed by atoms with van der Waals surface area (Å²) in [5.41, 5.74) is 2.14. The predicted molar refractivity (Wildman–Crippen MR) is 109 cm³/mol. The number of rotatable bonds is 5. The Balaban J connectivity index is 1.58. The first kappa shape index (κ1) is 19.7. The molecule has 1 amide bonds. The molecule has 4 rings (SSSR count). The van der Waals surface area contributed by atoms with Gasteiger partial charge < -0.3 is 9.72 Å². The van der Waals surface area contributed by atoms with Gasteiger partial charge in [-0.05, 0) is 30.7 Å². The van der Waals surface area contributed by atoms with Crippen molar-refractivity contribution in [3.63, 3.8) is 0 Å². The van der Waals surface area contributed by atoms with Crippen LogP contribution in [0.5, 0.6) is 0 Å². The van der Waals surface area contributed by atoms with Crippen molar-refractivity contribution in [3.8, 4) is 11.3 Å². The van der Waals surface area contributed by atoms with Crippen LogP contribution >= 0.6 is 0 Å². The topological polar surface area (TPSA) is 46.4 Å². The molecule has 30 heavy (non-hydrogen) atoms. The minimum absolute atomic E-state index is 0.0225. The molecule has 0 unspecified atom stereocenters. The summed E-state index contributed by atoms with van der Waals surface area (Å²) in [4.78, 5) is 17.1. The minimum atomic E-state index is -4.54. The average molecular weight is 409 g/mol. The number of para-hydroxylation sites is 1. The van der Waals surface area contributed by atoms with Gasteiger partial charge in [-0.2, -0.15) is 13.2 Å². The van der Waals surface area contributed by atoms with E-state index in [0.717, 1.165) is 28.7 Å². The lowest BCUT2D eigenvalue weighted by Crippen LogP contribution is -2.17. The van der Waals surface area contributed by atoms with Crippen LogP contribution in [0.1, 0.15) is 17.7 Å². The number of hydrogen-bond acceptors (Lipinski definition) is 2. The van der Waals surface area contributed by atoms with Gasteiger partial charge in [0.25, 0.3) is 0 Å². The van der Waals surface area contributed by atoms with E-state index in [2.05, 4.69) is 10.3 Å². The van der Waals surface area contributed by atoms with Crippen LogP contribution in [0, 0.1) is 0 Å². The van der Waals surface area contributed by atoms with Crippen LogP contribution in [-0.2, 0) is 17.4 Å². The van der Waals surface area contributed by atoms with E-state index in [1.165, 1.54) is 18.2 Å². The highest BCUT2D eigenvalue weighted by Gasteiger charge is 2.33. The fourth-order valence-corrected chi connectivity index (χ4v) is 3.40. The number of halogens is 3. The number of pyridine rings is 1. The SMILES string of the molecule is O=C(CCc1c(-c2ccccc2)nc2ccccn12)Nc1ccccc1C(F)(F)F. The van der Waals surface area contributed by atoms with Crippen LogP contribution in [0.3, 0.4) is 0 Å². The Labute approximate surface area is 171 Å². The molecule has 0 aliphatic rings. The van der Waals surface area contributed by atoms with Crippen LogP contribution in [0.2, 0.25) is 0 Å². The van der Waals surface area contributed by atoms with Crippen molar-refractivity contribution in [2.75, 3.05) is 5.32 Å². The van der Waals surface area contributed by atoms with Gasteiger partial charge in [0.2, 0.25) is 5.91 Å². The molecular weight excluding hydrogens is 391 g/mol. The summed E-state index contributed by atoms with van der Waals surface area (Å²) in [6, 6.07) is 20.2. The first-order chi connectivity index (χ1) is 14.4. The number of fused-ring (bicyclic) bond motifs is 1. The van der Waals surface area contributed by atoms with Crippen LogP contribution in [0.4, 0.5) is 18.9 Å². The molecule has 0 fully saturated rings. The summed E-state index contributed by atoms with van der Waals surface area (Å²) < 4.78 is 41.4. The number of carbonyl (C=O) groups excluding carboxylic acids is 1. The van der Waals surface area contributed by atoms with E-state index >= 15 is 0 Å². The van der Waals surface area contributed by atoms with Crippen molar-refractivity contribution in [1.82, 2.24) is 9.38 Å². The summed E-state index contributed by atoms with van der Waals surface area (Å²) in [5.74, 6) is -0.489. The van der Waals surface area contributed by atoms with Gasteiger partial charge in [0.1, 0.15) is 5.65 Å². The van der Waals surface area contributed by atoms with Crippen molar-refractivity contribution in [2.24, 2.45) is 0 Å². The quantitative estimate of drug-likeness (QED) is 0.467. The maximum absolute atomic E-state index is 13.2. The summed E-state index contributed by atoms with van der Waals surface area (Å²) in [5, 5.41) is 2.40. The summed E-state index contributed by atoms with van der Waals surface area (Å²) >= 11 is 0. The molecule has 0 saturated heterocycles. The molecule has 1 N–H and O–H groups in total. The number of carbonyl (C=O) groups is 1. The average Bonchev–Trinajstić information content (AvgIpc) is 3.11. The van der Waals surface area contributed by atoms with E-state index in [1.807, 2.05) is 59.1 Å². The van der Waals surface area contributed by atoms with Crippen molar-refractivity contribution in [1.29, 1.82) is 0 Å². The van der Waals surface area contributed by atoms with Crippen molar-refractivity contribution >= 4 is 17.2 Å². The number of benzene rings is 2. The second-order valence-electron chi connectivity index (χ2n) is 6.79. The fraction of sp³-hybridized carbons (Fsp3) is 0.130. The number of anilines is 1. The normalized spacial score (nSPS) is 11.6. The molecule has 0 atom stereocenters. The number of nitrogens with one attached hydrogen (secondary N) is 1. The summed E-state index contributed by atoms with van der Waals surface area (Å²) in [6.45, 7) is 0. The highest BCUT2D eigenvalue weighted by Crippen LogP contribution is 2.34. The molecule has 0 bridgehead atoms. The number of aromatic nitrogens is 2. The number of amides is 1. The maximum Gasteiger partial charge on any atom is 0.418 e. The Kier molecular flexibility index (Phi) is 5.27. The molecule has 7 heteroatoms. The van der Waals surface area contributed by atoms with Crippen molar-refractivity contribution < 1.29 is 18.0 Å². The zero-order chi connectivity index (χ0) is 21.1. The van der Waals surface area contributed by atoms with Crippen LogP contribution in [-0.4, -0.2) is 15.3 Å². The van der Waals surface area contributed by atoms with E-state index in [4.69, 9.17) is 0 Å². The number of hydrogen-bond donors (Lipinski definition) is 1. The third-order valence-corrected chi connectivity index (χ3v) is 4.77. The molecule has 0 saturated carbocycles. The predicted octanol–water partition coefficient (Wildman–Crippen LogP) is 5.59. The highest BCUT2D eigenvalue weighted by molar-refractivity contribution is 5.91. The summed E-state index contributed by atoms with van der Waals surface area (Å²) in [6.07, 6.45) is -2.32. The Hall–Kier alpha value is -3.61. The van der Waals surface area contributed by atoms with Crippen molar-refractivity contribution in [3.05, 3.63) is 90.3 Å². The number of imidazole rings is 1. The summed E-state index contributed by atoms with van der Waals surface area (Å²) in [7, 11) is 0. The van der Waals surface area contributed by atoms with E-state index in [0.29, 0.717) is 6.42 Å². The van der Waals surface area contributed by atoms with Gasteiger partial charge in [-0.3, -0.25) is 4.79 Å². The zero-order valence-electron chi connectivity index (χ0n) is 15.9. The van der Waals surface area contributed by atoms with E-state index in [-0.39, 0.29) is 12.1 Å². The third-order valence-electron chi connectivity index (χ3n) is 4.77. The molecule has 0 radical (unpaired) electrons. The van der Waals surface area contributed by atoms with E-state index < -0.39 is 17.6 Å². The van der Waals surface area contributed by atoms with Crippen LogP contribution < -0.4 is 5.32 Å². The van der Waals surface area contributed by atoms with Crippen molar-refractivity contribution in [2.45, 2.75) is 19.0 Å². The van der Waals surface area contributed by atoms with Gasteiger partial charge in [-0.15, -0.1) is 0 Å². The first-order valence-electron chi connectivity index (χ1n) is 9.41. The molecule has 2 aromatic heterocycles. The lowest BCUT2D eigenvalue weighted by atomic mass is 10.1. The van der Waals surface area contributed by atoms with Gasteiger partial charge in [0.15, 0.2) is 0 Å². The molecule has 0 aliphatic carbocycles. The molecule has 2 heterocycles. The Morgan fingerprint density at radius 2 is 1.63 bits per heavy atom. The molecule has 152 valence electrons. The number of alkyl halides is 3. The van der Waals surface area contributed by atoms with Gasteiger partial charge in [-0.1, -0.05) is 48.5 Å². The second-order valence-corrected chi connectivity index (χ2v) is 6.79. The van der Waals surface area contributed by atoms with Gasteiger partial charge in [0, 0.05) is 18.2 Å². The standard InChI is InChI=1S/C23H18F3N3O/c24-23(25,26)17-10-4-5-11-18(17)27-21(30)14-13-19-22(16-8-2-1-3-9-16)28-20-12-6-7-15-29(19)20/h1-12,15H,13-14H2,(H,27,30). The van der Waals surface area contributed by atoms with E-state index in [1.54, 1.807) is 0 Å². The largest absolute Gasteiger partial charge is 0.418 e. The van der Waals surface area contributed by atoms with Gasteiger partial charge in [0.05, 0.1) is 22.6 Å². The Morgan fingerprint density at radius 1 is 0.933 bits per heavy atom. The van der Waals surface area contributed by atoms with Gasteiger partial charge in [-0.25, -0.2) is 4.98 Å². The first-order valence-corrected chi connectivity index (χ1v) is 9.41. The van der Waals surface area contributed by atoms with Crippen LogP contribution in [0.15, 0.2) is 79.0 Å². The molecule has 4 aromatic rings. The smallest absolute Gasteiger partial charge is 0.325 e. The Bertz CT molecular complexity index is 1180. The molecular formula is C23H18F3N3O. The van der Waals surface area contributed by atoms with E-state index in [9.17, 15) is 18.0 Å². The molecule has 0 aliphatic heterocycles. The molecule has 2 aromatic carbocycles. The second kappa shape index (κ2) is 8.02. The Morgan fingerprint density at radius 3 is 2.40 bits per heavy atom. The van der Waals surface area contributed by atoms with Gasteiger partial charge >= 0.3 is 6.18 Å². The fourth-order valence-electron chi connectivity index (χ4n) is 3.40. The number of nitrogens with zero attached hydrogens (tertiary/aromatic N) is 2. The highest BCUT2D eigenvalue weighted by atomic mass is 19.4. The zero-order valence-corrected chi connectivity index (χ0v) is 15.9. The maximum atomic E-state index is 13.2. The monoisotopic (exact) mass is 409 g/mol. The molecule has 0 spiro atoms. The van der Waals surface area contributed by atoms with Crippen LogP contribution in [0.25, 0.3) is 16.9 Å². The minimum Gasteiger partial charge on any atom is -0.325 e. The third kappa shape index (κ3) is 4.05. The molecule has 4 nitrogen and oxygen atoms in total. The lowest BCUT2D eigenvalue weighted by molar-refractivity contribution is -0.137. The lowest BCUT2D eigenvalue weighted by Gasteiger charge is -2.13.